The molecule has 72 valence electrons. The summed E-state index contributed by atoms with van der Waals surface area (Å²) in [7, 11) is 0. The maximum absolute atomic E-state index is 4.29. The maximum atomic E-state index is 4.29. The van der Waals surface area contributed by atoms with Crippen molar-refractivity contribution in [3.63, 3.8) is 0 Å². The summed E-state index contributed by atoms with van der Waals surface area (Å²) in [5, 5.41) is 7.52. The Kier molecular flexibility index (Phi) is 1.95. The predicted octanol–water partition coefficient (Wildman–Crippen LogP) is 0.637. The van der Waals surface area contributed by atoms with Gasteiger partial charge in [0.05, 0.1) is 13.3 Å². The van der Waals surface area contributed by atoms with E-state index in [0.29, 0.717) is 6.04 Å². The molecule has 5 nitrogen and oxygen atoms in total. The van der Waals surface area contributed by atoms with Crippen LogP contribution in [0.5, 0.6) is 0 Å². The first-order chi connectivity index (χ1) is 6.16. The van der Waals surface area contributed by atoms with Crippen LogP contribution in [-0.4, -0.2) is 32.4 Å². The van der Waals surface area contributed by atoms with Gasteiger partial charge in [0.25, 0.3) is 0 Å². The molecule has 13 heavy (non-hydrogen) atoms. The third-order valence-corrected chi connectivity index (χ3v) is 2.26. The number of hydrogen-bond acceptors (Lipinski definition) is 4. The van der Waals surface area contributed by atoms with Crippen LogP contribution in [0.3, 0.4) is 0 Å². The topological polar surface area (TPSA) is 46.0 Å². The first-order valence-corrected chi connectivity index (χ1v) is 4.56. The minimum Gasteiger partial charge on any atom is -0.342 e. The Morgan fingerprint density at radius 1 is 1.46 bits per heavy atom. The lowest BCUT2D eigenvalue weighted by Gasteiger charge is -2.30. The van der Waals surface area contributed by atoms with Gasteiger partial charge in [-0.05, 0) is 20.8 Å². The zero-order valence-electron chi connectivity index (χ0n) is 8.28. The van der Waals surface area contributed by atoms with E-state index in [0.717, 1.165) is 25.1 Å². The molecule has 1 aliphatic heterocycles. The number of aromatic nitrogens is 3. The van der Waals surface area contributed by atoms with Crippen LogP contribution in [0.15, 0.2) is 0 Å². The molecule has 0 aliphatic carbocycles. The van der Waals surface area contributed by atoms with Crippen molar-refractivity contribution in [2.45, 2.75) is 33.5 Å². The quantitative estimate of drug-likeness (QED) is 0.690. The van der Waals surface area contributed by atoms with Crippen LogP contribution in [0.25, 0.3) is 0 Å². The number of rotatable bonds is 1. The molecule has 1 aliphatic rings. The largest absolute Gasteiger partial charge is 0.342 e. The highest BCUT2D eigenvalue weighted by molar-refractivity contribution is 5.25. The first-order valence-electron chi connectivity index (χ1n) is 4.56. The average molecular weight is 181 g/mol. The fourth-order valence-electron chi connectivity index (χ4n) is 1.42. The minimum absolute atomic E-state index is 0.533. The van der Waals surface area contributed by atoms with Crippen molar-refractivity contribution in [2.75, 3.05) is 12.0 Å². The van der Waals surface area contributed by atoms with Crippen molar-refractivity contribution in [1.29, 1.82) is 0 Å². The molecule has 1 aromatic rings. The molecular weight excluding hydrogens is 166 g/mol. The molecule has 0 saturated carbocycles. The Balaban J connectivity index is 2.19. The van der Waals surface area contributed by atoms with Gasteiger partial charge in [-0.1, -0.05) is 0 Å². The standard InChI is InChI=1S/C8H15N5/c1-6(2)12-4-9-8-10-7(3)11-13(8)5-12/h6H,4-5H2,1-3H3,(H,9,10,11). The molecule has 5 heteroatoms. The predicted molar refractivity (Wildman–Crippen MR) is 50.2 cm³/mol. The van der Waals surface area contributed by atoms with Gasteiger partial charge >= 0.3 is 0 Å². The number of anilines is 1. The van der Waals surface area contributed by atoms with Crippen LogP contribution >= 0.6 is 0 Å². The van der Waals surface area contributed by atoms with E-state index in [1.807, 2.05) is 11.6 Å². The first kappa shape index (κ1) is 8.50. The Bertz CT molecular complexity index is 303. The van der Waals surface area contributed by atoms with Crippen molar-refractivity contribution in [2.24, 2.45) is 0 Å². The third kappa shape index (κ3) is 1.51. The molecule has 0 atom stereocenters. The van der Waals surface area contributed by atoms with Crippen molar-refractivity contribution in [1.82, 2.24) is 19.7 Å². The minimum atomic E-state index is 0.533. The second-order valence-corrected chi connectivity index (χ2v) is 3.64. The monoisotopic (exact) mass is 181 g/mol. The molecule has 2 rings (SSSR count). The summed E-state index contributed by atoms with van der Waals surface area (Å²) in [5.74, 6) is 1.71. The zero-order valence-corrected chi connectivity index (χ0v) is 8.28. The summed E-state index contributed by atoms with van der Waals surface area (Å²) in [4.78, 5) is 6.55. The second-order valence-electron chi connectivity index (χ2n) is 3.64. The molecule has 0 aromatic carbocycles. The molecule has 0 radical (unpaired) electrons. The molecule has 0 spiro atoms. The fourth-order valence-corrected chi connectivity index (χ4v) is 1.42. The SMILES string of the molecule is Cc1nc2n(n1)CN(C(C)C)CN2. The maximum Gasteiger partial charge on any atom is 0.223 e. The Morgan fingerprint density at radius 3 is 2.92 bits per heavy atom. The molecular formula is C8H15N5. The van der Waals surface area contributed by atoms with E-state index in [2.05, 4.69) is 34.1 Å². The van der Waals surface area contributed by atoms with E-state index in [-0.39, 0.29) is 0 Å². The molecule has 0 bridgehead atoms. The van der Waals surface area contributed by atoms with E-state index in [4.69, 9.17) is 0 Å². The highest BCUT2D eigenvalue weighted by atomic mass is 15.5. The lowest BCUT2D eigenvalue weighted by molar-refractivity contribution is 0.163. The number of aryl methyl sites for hydroxylation is 1. The van der Waals surface area contributed by atoms with Crippen LogP contribution in [-0.2, 0) is 6.67 Å². The molecule has 1 N–H and O–H groups in total. The highest BCUT2D eigenvalue weighted by Crippen LogP contribution is 2.13. The number of fused-ring (bicyclic) bond motifs is 1. The van der Waals surface area contributed by atoms with Gasteiger partial charge in [0, 0.05) is 6.04 Å². The van der Waals surface area contributed by atoms with Crippen molar-refractivity contribution in [3.05, 3.63) is 5.82 Å². The lowest BCUT2D eigenvalue weighted by Crippen LogP contribution is -2.41. The molecule has 2 heterocycles. The second kappa shape index (κ2) is 2.99. The fraction of sp³-hybridized carbons (Fsp3) is 0.750. The summed E-state index contributed by atoms with van der Waals surface area (Å²) in [6.45, 7) is 7.95. The van der Waals surface area contributed by atoms with Crippen molar-refractivity contribution < 1.29 is 0 Å². The molecule has 0 fully saturated rings. The third-order valence-electron chi connectivity index (χ3n) is 2.26. The average Bonchev–Trinajstić information content (AvgIpc) is 2.42. The lowest BCUT2D eigenvalue weighted by atomic mass is 10.3. The van der Waals surface area contributed by atoms with E-state index in [1.165, 1.54) is 0 Å². The van der Waals surface area contributed by atoms with E-state index < -0.39 is 0 Å². The Hall–Kier alpha value is -1.10. The number of nitrogens with zero attached hydrogens (tertiary/aromatic N) is 4. The summed E-state index contributed by atoms with van der Waals surface area (Å²) in [6.07, 6.45) is 0. The van der Waals surface area contributed by atoms with E-state index >= 15 is 0 Å². The van der Waals surface area contributed by atoms with Crippen LogP contribution in [0.1, 0.15) is 19.7 Å². The van der Waals surface area contributed by atoms with E-state index in [1.54, 1.807) is 0 Å². The molecule has 0 unspecified atom stereocenters. The van der Waals surface area contributed by atoms with Gasteiger partial charge in [-0.25, -0.2) is 4.68 Å². The number of nitrogens with one attached hydrogen (secondary N) is 1. The van der Waals surface area contributed by atoms with E-state index in [9.17, 15) is 0 Å². The summed E-state index contributed by atoms with van der Waals surface area (Å²) in [5.41, 5.74) is 0. The molecule has 0 amide bonds. The Morgan fingerprint density at radius 2 is 2.23 bits per heavy atom. The van der Waals surface area contributed by atoms with Crippen LogP contribution in [0, 0.1) is 6.92 Å². The summed E-state index contributed by atoms with van der Waals surface area (Å²) < 4.78 is 1.90. The van der Waals surface area contributed by atoms with Crippen LogP contribution in [0.2, 0.25) is 0 Å². The van der Waals surface area contributed by atoms with Crippen LogP contribution < -0.4 is 5.32 Å². The van der Waals surface area contributed by atoms with Gasteiger partial charge < -0.3 is 5.32 Å². The number of hydrogen-bond donors (Lipinski definition) is 1. The van der Waals surface area contributed by atoms with Gasteiger partial charge in [0.15, 0.2) is 0 Å². The molecule has 1 aromatic heterocycles. The highest BCUT2D eigenvalue weighted by Gasteiger charge is 2.19. The summed E-state index contributed by atoms with van der Waals surface area (Å²) in [6, 6.07) is 0.533. The Labute approximate surface area is 77.8 Å². The van der Waals surface area contributed by atoms with Gasteiger partial charge in [-0.3, -0.25) is 4.90 Å². The normalized spacial score (nSPS) is 17.2. The van der Waals surface area contributed by atoms with Crippen LogP contribution in [0.4, 0.5) is 5.95 Å². The summed E-state index contributed by atoms with van der Waals surface area (Å²) >= 11 is 0. The van der Waals surface area contributed by atoms with Crippen molar-refractivity contribution in [3.8, 4) is 0 Å². The van der Waals surface area contributed by atoms with Gasteiger partial charge in [0.1, 0.15) is 5.82 Å². The van der Waals surface area contributed by atoms with Crippen molar-refractivity contribution >= 4 is 5.95 Å². The smallest absolute Gasteiger partial charge is 0.223 e. The van der Waals surface area contributed by atoms with Gasteiger partial charge in [-0.2, -0.15) is 10.1 Å². The zero-order chi connectivity index (χ0) is 9.42. The van der Waals surface area contributed by atoms with Gasteiger partial charge in [0.2, 0.25) is 5.95 Å². The van der Waals surface area contributed by atoms with Gasteiger partial charge in [-0.15, -0.1) is 0 Å². The molecule has 0 saturated heterocycles.